The summed E-state index contributed by atoms with van der Waals surface area (Å²) >= 11 is 2.01. The molecule has 3 rings (SSSR count). The topological polar surface area (TPSA) is 60.7 Å². The maximum Gasteiger partial charge on any atom is 0.0811 e. The van der Waals surface area contributed by atoms with Gasteiger partial charge in [0.05, 0.1) is 17.8 Å². The zero-order valence-electron chi connectivity index (χ0n) is 18.5. The normalized spacial score (nSPS) is 38.6. The summed E-state index contributed by atoms with van der Waals surface area (Å²) in [6, 6.07) is 0. The van der Waals surface area contributed by atoms with Crippen molar-refractivity contribution < 1.29 is 15.3 Å². The van der Waals surface area contributed by atoms with Gasteiger partial charge in [-0.15, -0.1) is 0 Å². The number of rotatable bonds is 6. The van der Waals surface area contributed by atoms with Crippen molar-refractivity contribution in [3.63, 3.8) is 0 Å². The molecular formula is C25H40O3S. The van der Waals surface area contributed by atoms with Gasteiger partial charge in [-0.1, -0.05) is 31.2 Å². The lowest BCUT2D eigenvalue weighted by Crippen LogP contribution is -2.34. The molecule has 4 heteroatoms. The standard InChI is InChI=1S/C25H40O3S/c1-17-19(14-21(26)15-23(17)27)8-7-18-6-5-11-25(4)20(9-10-22(18)25)16-29-13-12-24(2,3)28/h7-8,20-23,26-28H,1,5-6,9-16H2,2-4H3/b18-7+,19-8-/t20-,21-,22+,23+,25-/m1/s1. The van der Waals surface area contributed by atoms with Crippen molar-refractivity contribution in [3.8, 4) is 0 Å². The molecule has 0 amide bonds. The summed E-state index contributed by atoms with van der Waals surface area (Å²) in [6.07, 6.45) is 11.5. The molecule has 164 valence electrons. The van der Waals surface area contributed by atoms with Gasteiger partial charge in [-0.2, -0.15) is 11.8 Å². The molecule has 29 heavy (non-hydrogen) atoms. The highest BCUT2D eigenvalue weighted by atomic mass is 32.2. The molecule has 0 aromatic rings. The molecule has 0 aliphatic heterocycles. The van der Waals surface area contributed by atoms with E-state index in [1.54, 1.807) is 5.57 Å². The third-order valence-electron chi connectivity index (χ3n) is 7.60. The van der Waals surface area contributed by atoms with Crippen LogP contribution in [0.4, 0.5) is 0 Å². The Kier molecular flexibility index (Phi) is 7.41. The predicted octanol–water partition coefficient (Wildman–Crippen LogP) is 5.02. The van der Waals surface area contributed by atoms with Crippen molar-refractivity contribution in [3.05, 3.63) is 35.5 Å². The molecule has 3 N–H and O–H groups in total. The maximum atomic E-state index is 10.1. The van der Waals surface area contributed by atoms with Gasteiger partial charge in [-0.25, -0.2) is 0 Å². The molecule has 0 heterocycles. The zero-order chi connectivity index (χ0) is 21.2. The second-order valence-corrected chi connectivity index (χ2v) is 11.5. The molecule has 0 bridgehead atoms. The fourth-order valence-corrected chi connectivity index (χ4v) is 7.27. The summed E-state index contributed by atoms with van der Waals surface area (Å²) in [5.41, 5.74) is 3.16. The van der Waals surface area contributed by atoms with Gasteiger partial charge in [0.2, 0.25) is 0 Å². The van der Waals surface area contributed by atoms with Crippen LogP contribution in [0.15, 0.2) is 35.5 Å². The summed E-state index contributed by atoms with van der Waals surface area (Å²) in [5.74, 6) is 3.64. The fraction of sp³-hybridized carbons (Fsp3) is 0.760. The van der Waals surface area contributed by atoms with E-state index in [4.69, 9.17) is 0 Å². The smallest absolute Gasteiger partial charge is 0.0811 e. The fourth-order valence-electron chi connectivity index (χ4n) is 5.63. The number of allylic oxidation sites excluding steroid dienone is 3. The highest BCUT2D eigenvalue weighted by Gasteiger charge is 2.48. The second kappa shape index (κ2) is 9.30. The molecule has 0 radical (unpaired) electrons. The maximum absolute atomic E-state index is 10.1. The van der Waals surface area contributed by atoms with E-state index in [9.17, 15) is 15.3 Å². The minimum absolute atomic E-state index is 0.382. The van der Waals surface area contributed by atoms with E-state index in [1.807, 2.05) is 25.6 Å². The van der Waals surface area contributed by atoms with Gasteiger partial charge >= 0.3 is 0 Å². The van der Waals surface area contributed by atoms with Gasteiger partial charge in [0.1, 0.15) is 0 Å². The number of fused-ring (bicyclic) bond motifs is 1. The molecular weight excluding hydrogens is 380 g/mol. The molecule has 3 saturated carbocycles. The van der Waals surface area contributed by atoms with Crippen LogP contribution in [-0.2, 0) is 0 Å². The Hall–Kier alpha value is -0.550. The first kappa shape index (κ1) is 23.1. The first-order valence-electron chi connectivity index (χ1n) is 11.3. The summed E-state index contributed by atoms with van der Waals surface area (Å²) in [4.78, 5) is 0. The summed E-state index contributed by atoms with van der Waals surface area (Å²) in [6.45, 7) is 10.3. The Labute approximate surface area is 181 Å². The van der Waals surface area contributed by atoms with E-state index in [-0.39, 0.29) is 0 Å². The van der Waals surface area contributed by atoms with E-state index < -0.39 is 17.8 Å². The van der Waals surface area contributed by atoms with Crippen LogP contribution < -0.4 is 0 Å². The lowest BCUT2D eigenvalue weighted by Gasteiger charge is -2.42. The van der Waals surface area contributed by atoms with Crippen molar-refractivity contribution in [2.75, 3.05) is 11.5 Å². The molecule has 0 aromatic heterocycles. The minimum Gasteiger partial charge on any atom is -0.393 e. The molecule has 3 fully saturated rings. The van der Waals surface area contributed by atoms with E-state index in [0.29, 0.717) is 24.2 Å². The number of aliphatic hydroxyl groups excluding tert-OH is 2. The quantitative estimate of drug-likeness (QED) is 0.528. The van der Waals surface area contributed by atoms with E-state index >= 15 is 0 Å². The Balaban J connectivity index is 1.65. The molecule has 0 unspecified atom stereocenters. The second-order valence-electron chi connectivity index (χ2n) is 10.4. The van der Waals surface area contributed by atoms with Crippen molar-refractivity contribution in [2.45, 2.75) is 89.9 Å². The van der Waals surface area contributed by atoms with Crippen LogP contribution in [0.5, 0.6) is 0 Å². The Morgan fingerprint density at radius 1 is 1.24 bits per heavy atom. The highest BCUT2D eigenvalue weighted by Crippen LogP contribution is 2.58. The largest absolute Gasteiger partial charge is 0.393 e. The van der Waals surface area contributed by atoms with Crippen LogP contribution in [0.25, 0.3) is 0 Å². The first-order chi connectivity index (χ1) is 13.6. The highest BCUT2D eigenvalue weighted by molar-refractivity contribution is 7.99. The number of hydrogen-bond acceptors (Lipinski definition) is 4. The van der Waals surface area contributed by atoms with Crippen molar-refractivity contribution in [2.24, 2.45) is 17.3 Å². The summed E-state index contributed by atoms with van der Waals surface area (Å²) in [7, 11) is 0. The van der Waals surface area contributed by atoms with E-state index in [1.165, 1.54) is 37.9 Å². The van der Waals surface area contributed by atoms with Gasteiger partial charge in [0.25, 0.3) is 0 Å². The van der Waals surface area contributed by atoms with Crippen LogP contribution in [0.1, 0.15) is 72.1 Å². The third kappa shape index (κ3) is 5.58. The lowest BCUT2D eigenvalue weighted by atomic mass is 9.64. The van der Waals surface area contributed by atoms with Gasteiger partial charge in [0.15, 0.2) is 0 Å². The van der Waals surface area contributed by atoms with Crippen molar-refractivity contribution in [1.82, 2.24) is 0 Å². The average molecular weight is 421 g/mol. The molecule has 3 aliphatic carbocycles. The monoisotopic (exact) mass is 420 g/mol. The van der Waals surface area contributed by atoms with Crippen LogP contribution in [0.2, 0.25) is 0 Å². The van der Waals surface area contributed by atoms with Gasteiger partial charge in [0, 0.05) is 6.42 Å². The number of thioether (sulfide) groups is 1. The summed E-state index contributed by atoms with van der Waals surface area (Å²) in [5, 5.41) is 30.0. The molecule has 3 nitrogen and oxygen atoms in total. The Bertz CT molecular complexity index is 659. The van der Waals surface area contributed by atoms with Crippen LogP contribution >= 0.6 is 11.8 Å². The van der Waals surface area contributed by atoms with Gasteiger partial charge < -0.3 is 15.3 Å². The van der Waals surface area contributed by atoms with E-state index in [0.717, 1.165) is 29.2 Å². The third-order valence-corrected chi connectivity index (χ3v) is 8.73. The van der Waals surface area contributed by atoms with Crippen molar-refractivity contribution in [1.29, 1.82) is 0 Å². The zero-order valence-corrected chi connectivity index (χ0v) is 19.3. The number of aliphatic hydroxyl groups is 3. The predicted molar refractivity (Wildman–Crippen MR) is 123 cm³/mol. The molecule has 5 atom stereocenters. The van der Waals surface area contributed by atoms with Crippen molar-refractivity contribution >= 4 is 11.8 Å². The van der Waals surface area contributed by atoms with Crippen LogP contribution in [-0.4, -0.2) is 44.6 Å². The Morgan fingerprint density at radius 2 is 2.00 bits per heavy atom. The van der Waals surface area contributed by atoms with Crippen LogP contribution in [0.3, 0.4) is 0 Å². The van der Waals surface area contributed by atoms with Crippen LogP contribution in [0, 0.1) is 17.3 Å². The number of hydrogen-bond donors (Lipinski definition) is 3. The average Bonchev–Trinajstić information content (AvgIpc) is 2.96. The first-order valence-corrected chi connectivity index (χ1v) is 12.5. The van der Waals surface area contributed by atoms with Gasteiger partial charge in [-0.05, 0) is 98.7 Å². The molecule has 0 aromatic carbocycles. The molecule has 0 spiro atoms. The minimum atomic E-state index is -0.614. The SMILES string of the molecule is C=C1/C(=C\C=C2/CCC[C@]3(C)[C@@H](CSCCC(C)(C)O)CC[C@@H]23)C[C@@H](O)C[C@@H]1O. The lowest BCUT2D eigenvalue weighted by molar-refractivity contribution is 0.0776. The molecule has 0 saturated heterocycles. The summed E-state index contributed by atoms with van der Waals surface area (Å²) < 4.78 is 0. The Morgan fingerprint density at radius 3 is 2.72 bits per heavy atom. The van der Waals surface area contributed by atoms with Gasteiger partial charge in [-0.3, -0.25) is 0 Å². The molecule has 3 aliphatic rings. The van der Waals surface area contributed by atoms with E-state index in [2.05, 4.69) is 25.7 Å².